The molecule has 0 bridgehead atoms. The zero-order valence-corrected chi connectivity index (χ0v) is 11.2. The molecule has 0 aromatic carbocycles. The molecule has 6 heteroatoms. The highest BCUT2D eigenvalue weighted by atomic mass is 35.5. The number of aromatic carboxylic acids is 1. The van der Waals surface area contributed by atoms with E-state index in [4.69, 9.17) is 11.6 Å². The number of aryl methyl sites for hydroxylation is 1. The maximum absolute atomic E-state index is 11.3. The fourth-order valence-corrected chi connectivity index (χ4v) is 2.28. The van der Waals surface area contributed by atoms with Crippen LogP contribution < -0.4 is 0 Å². The summed E-state index contributed by atoms with van der Waals surface area (Å²) in [7, 11) is 1.70. The first-order valence-corrected chi connectivity index (χ1v) is 6.02. The highest BCUT2D eigenvalue weighted by molar-refractivity contribution is 6.35. The van der Waals surface area contributed by atoms with Crippen LogP contribution in [0.3, 0.4) is 0 Å². The van der Waals surface area contributed by atoms with E-state index in [0.717, 1.165) is 5.69 Å². The van der Waals surface area contributed by atoms with Crippen molar-refractivity contribution in [3.63, 3.8) is 0 Å². The van der Waals surface area contributed by atoms with E-state index in [1.54, 1.807) is 11.6 Å². The molecule has 0 saturated heterocycles. The number of hydrogen-bond donors (Lipinski definition) is 1. The van der Waals surface area contributed by atoms with Gasteiger partial charge in [-0.2, -0.15) is 0 Å². The van der Waals surface area contributed by atoms with E-state index in [1.165, 1.54) is 6.33 Å². The Morgan fingerprint density at radius 2 is 2.17 bits per heavy atom. The Morgan fingerprint density at radius 1 is 1.50 bits per heavy atom. The zero-order valence-electron chi connectivity index (χ0n) is 10.4. The topological polar surface area (TPSA) is 68.0 Å². The maximum Gasteiger partial charge on any atom is 0.339 e. The van der Waals surface area contributed by atoms with E-state index in [1.807, 2.05) is 0 Å². The van der Waals surface area contributed by atoms with Crippen molar-refractivity contribution < 1.29 is 9.90 Å². The third-order valence-corrected chi connectivity index (χ3v) is 3.23. The molecule has 18 heavy (non-hydrogen) atoms. The zero-order chi connectivity index (χ0) is 13.4. The lowest BCUT2D eigenvalue weighted by Gasteiger charge is -2.05. The van der Waals surface area contributed by atoms with Crippen molar-refractivity contribution >= 4 is 28.6 Å². The van der Waals surface area contributed by atoms with E-state index in [0.29, 0.717) is 23.4 Å². The fourth-order valence-electron chi connectivity index (χ4n) is 2.02. The Morgan fingerprint density at radius 3 is 2.72 bits per heavy atom. The van der Waals surface area contributed by atoms with Gasteiger partial charge >= 0.3 is 5.97 Å². The van der Waals surface area contributed by atoms with E-state index in [2.05, 4.69) is 23.8 Å². The van der Waals surface area contributed by atoms with Crippen molar-refractivity contribution in [2.75, 3.05) is 0 Å². The minimum Gasteiger partial charge on any atom is -0.478 e. The molecule has 0 saturated carbocycles. The minimum absolute atomic E-state index is 0.0883. The van der Waals surface area contributed by atoms with Crippen LogP contribution in [0.1, 0.15) is 29.9 Å². The van der Waals surface area contributed by atoms with Crippen molar-refractivity contribution in [1.82, 2.24) is 14.5 Å². The molecular weight excluding hydrogens is 254 g/mol. The molecule has 5 nitrogen and oxygen atoms in total. The summed E-state index contributed by atoms with van der Waals surface area (Å²) < 4.78 is 1.58. The van der Waals surface area contributed by atoms with Crippen molar-refractivity contribution in [2.45, 2.75) is 20.3 Å². The van der Waals surface area contributed by atoms with Crippen LogP contribution in [0.15, 0.2) is 6.33 Å². The summed E-state index contributed by atoms with van der Waals surface area (Å²) in [6.07, 6.45) is 2.14. The Bertz CT molecular complexity index is 619. The Labute approximate surface area is 109 Å². The fraction of sp³-hybridized carbons (Fsp3) is 0.417. The molecule has 2 aromatic rings. The van der Waals surface area contributed by atoms with Gasteiger partial charge in [0.2, 0.25) is 0 Å². The molecular formula is C12H14ClN3O2. The lowest BCUT2D eigenvalue weighted by Crippen LogP contribution is -2.02. The number of halogens is 1. The summed E-state index contributed by atoms with van der Waals surface area (Å²) in [4.78, 5) is 19.6. The second-order valence-corrected chi connectivity index (χ2v) is 5.00. The van der Waals surface area contributed by atoms with Gasteiger partial charge in [0, 0.05) is 7.05 Å². The van der Waals surface area contributed by atoms with E-state index >= 15 is 0 Å². The molecule has 0 atom stereocenters. The van der Waals surface area contributed by atoms with Crippen molar-refractivity contribution in [2.24, 2.45) is 13.0 Å². The van der Waals surface area contributed by atoms with Gasteiger partial charge in [-0.05, 0) is 12.3 Å². The molecule has 0 unspecified atom stereocenters. The Kier molecular flexibility index (Phi) is 3.26. The van der Waals surface area contributed by atoms with Gasteiger partial charge in [0.1, 0.15) is 22.7 Å². The molecule has 0 amide bonds. The molecule has 0 spiro atoms. The third kappa shape index (κ3) is 1.95. The number of nitrogens with zero attached hydrogens (tertiary/aromatic N) is 3. The number of hydrogen-bond acceptors (Lipinski definition) is 3. The number of carboxylic acid groups (broad SMARTS) is 1. The largest absolute Gasteiger partial charge is 0.478 e. The van der Waals surface area contributed by atoms with Crippen LogP contribution in [0.4, 0.5) is 0 Å². The molecule has 0 fully saturated rings. The van der Waals surface area contributed by atoms with Crippen LogP contribution in [0.25, 0.3) is 11.0 Å². The quantitative estimate of drug-likeness (QED) is 0.928. The van der Waals surface area contributed by atoms with Crippen molar-refractivity contribution in [3.05, 3.63) is 22.7 Å². The first-order chi connectivity index (χ1) is 8.43. The van der Waals surface area contributed by atoms with E-state index in [9.17, 15) is 9.90 Å². The summed E-state index contributed by atoms with van der Waals surface area (Å²) in [5.41, 5.74) is 1.38. The van der Waals surface area contributed by atoms with E-state index < -0.39 is 5.97 Å². The normalized spacial score (nSPS) is 11.4. The van der Waals surface area contributed by atoms with Gasteiger partial charge in [0.15, 0.2) is 0 Å². The maximum atomic E-state index is 11.3. The summed E-state index contributed by atoms with van der Waals surface area (Å²) in [6.45, 7) is 4.11. The van der Waals surface area contributed by atoms with Gasteiger partial charge in [-0.25, -0.2) is 14.8 Å². The number of rotatable bonds is 3. The summed E-state index contributed by atoms with van der Waals surface area (Å²) >= 11 is 6.05. The molecule has 0 aliphatic heterocycles. The predicted molar refractivity (Wildman–Crippen MR) is 69.0 cm³/mol. The Balaban J connectivity index is 2.81. The van der Waals surface area contributed by atoms with Crippen molar-refractivity contribution in [1.29, 1.82) is 0 Å². The third-order valence-electron chi connectivity index (χ3n) is 2.79. The predicted octanol–water partition coefficient (Wildman–Crippen LogP) is 2.52. The summed E-state index contributed by atoms with van der Waals surface area (Å²) in [5, 5.41) is 10.0. The van der Waals surface area contributed by atoms with Crippen LogP contribution in [0, 0.1) is 5.92 Å². The molecule has 96 valence electrons. The number of carboxylic acids is 1. The second-order valence-electron chi connectivity index (χ2n) is 4.65. The van der Waals surface area contributed by atoms with Crippen LogP contribution in [-0.2, 0) is 13.5 Å². The van der Waals surface area contributed by atoms with Gasteiger partial charge in [-0.3, -0.25) is 0 Å². The molecule has 2 aromatic heterocycles. The molecule has 1 N–H and O–H groups in total. The van der Waals surface area contributed by atoms with Crippen molar-refractivity contribution in [3.8, 4) is 0 Å². The minimum atomic E-state index is -1.05. The molecule has 2 heterocycles. The number of aromatic nitrogens is 3. The average molecular weight is 268 g/mol. The first kappa shape index (κ1) is 12.8. The van der Waals surface area contributed by atoms with Gasteiger partial charge in [0.05, 0.1) is 11.1 Å². The lowest BCUT2D eigenvalue weighted by atomic mass is 10.0. The SMILES string of the molecule is CC(C)Cc1ncnc2c1c(C(=O)O)c(Cl)n2C. The van der Waals surface area contributed by atoms with Gasteiger partial charge in [-0.1, -0.05) is 25.4 Å². The number of fused-ring (bicyclic) bond motifs is 1. The molecule has 0 radical (unpaired) electrons. The van der Waals surface area contributed by atoms with E-state index in [-0.39, 0.29) is 10.7 Å². The van der Waals surface area contributed by atoms with Crippen LogP contribution in [0.5, 0.6) is 0 Å². The van der Waals surface area contributed by atoms with Gasteiger partial charge in [0.25, 0.3) is 0 Å². The van der Waals surface area contributed by atoms with Crippen LogP contribution in [0.2, 0.25) is 5.15 Å². The summed E-state index contributed by atoms with van der Waals surface area (Å²) in [5.74, 6) is -0.672. The summed E-state index contributed by atoms with van der Waals surface area (Å²) in [6, 6.07) is 0. The number of carbonyl (C=O) groups is 1. The smallest absolute Gasteiger partial charge is 0.339 e. The van der Waals surface area contributed by atoms with Crippen LogP contribution >= 0.6 is 11.6 Å². The first-order valence-electron chi connectivity index (χ1n) is 5.64. The van der Waals surface area contributed by atoms with Gasteiger partial charge in [-0.15, -0.1) is 0 Å². The Hall–Kier alpha value is -1.62. The highest BCUT2D eigenvalue weighted by Gasteiger charge is 2.23. The molecule has 0 aliphatic carbocycles. The monoisotopic (exact) mass is 267 g/mol. The van der Waals surface area contributed by atoms with Crippen LogP contribution in [-0.4, -0.2) is 25.6 Å². The standard InChI is InChI=1S/C12H14ClN3O2/c1-6(2)4-7-8-9(12(17)18)10(13)16(3)11(8)15-5-14-7/h5-6H,4H2,1-3H3,(H,17,18). The van der Waals surface area contributed by atoms with Gasteiger partial charge < -0.3 is 9.67 Å². The molecule has 0 aliphatic rings. The second kappa shape index (κ2) is 4.57. The highest BCUT2D eigenvalue weighted by Crippen LogP contribution is 2.30. The molecule has 2 rings (SSSR count). The average Bonchev–Trinajstić information content (AvgIpc) is 2.53. The lowest BCUT2D eigenvalue weighted by molar-refractivity contribution is 0.0699.